The van der Waals surface area contributed by atoms with Gasteiger partial charge in [-0.3, -0.25) is 57.6 Å². The van der Waals surface area contributed by atoms with Crippen LogP contribution in [0.5, 0.6) is 0 Å². The van der Waals surface area contributed by atoms with Crippen LogP contribution in [0.25, 0.3) is 0 Å². The number of carbonyl (C=O) groups excluding carboxylic acids is 11. The molecule has 0 radical (unpaired) electrons. The summed E-state index contributed by atoms with van der Waals surface area (Å²) >= 11 is 0. The number of aliphatic hydroxyl groups excluding tert-OH is 1. The lowest BCUT2D eigenvalue weighted by molar-refractivity contribution is -0.157. The van der Waals surface area contributed by atoms with E-state index in [0.29, 0.717) is 26.2 Å². The van der Waals surface area contributed by atoms with E-state index in [0.717, 1.165) is 27.8 Å². The van der Waals surface area contributed by atoms with Gasteiger partial charge in [0.1, 0.15) is 66.5 Å². The first-order valence-electron chi connectivity index (χ1n) is 35.0. The van der Waals surface area contributed by atoms with Crippen LogP contribution in [-0.4, -0.2) is 288 Å². The van der Waals surface area contributed by atoms with Crippen LogP contribution in [0.4, 0.5) is 0 Å². The number of ether oxygens (including phenoxy) is 2. The van der Waals surface area contributed by atoms with Gasteiger partial charge in [-0.1, -0.05) is 95.2 Å². The monoisotopic (exact) mass is 1370 g/mol. The highest BCUT2D eigenvalue weighted by Gasteiger charge is 2.47. The fourth-order valence-corrected chi connectivity index (χ4v) is 12.4. The van der Waals surface area contributed by atoms with Crippen molar-refractivity contribution in [3.8, 4) is 0 Å². The van der Waals surface area contributed by atoms with Crippen LogP contribution < -0.4 is 21.3 Å². The molecule has 556 valence electrons. The number of hydrogen-bond acceptors (Lipinski definition) is 16. The van der Waals surface area contributed by atoms with E-state index in [1.807, 2.05) is 41.5 Å². The zero-order valence-corrected chi connectivity index (χ0v) is 63.2. The van der Waals surface area contributed by atoms with Crippen molar-refractivity contribution < 1.29 is 72.4 Å². The minimum atomic E-state index is -1.68. The highest BCUT2D eigenvalue weighted by molar-refractivity contribution is 6.00. The minimum absolute atomic E-state index is 0.0620. The van der Waals surface area contributed by atoms with Gasteiger partial charge in [0.15, 0.2) is 0 Å². The number of nitrogens with zero attached hydrogens (tertiary/aromatic N) is 8. The predicted molar refractivity (Wildman–Crippen MR) is 372 cm³/mol. The Kier molecular flexibility index (Phi) is 35.9. The van der Waals surface area contributed by atoms with Gasteiger partial charge in [0.2, 0.25) is 65.0 Å². The fraction of sp³-hybridized carbons (Fsp3) is 0.814. The molecule has 97 heavy (non-hydrogen) atoms. The van der Waals surface area contributed by atoms with Crippen LogP contribution in [0.2, 0.25) is 0 Å². The lowest BCUT2D eigenvalue weighted by Gasteiger charge is -2.41. The zero-order chi connectivity index (χ0) is 74.4. The molecule has 0 spiro atoms. The molecule has 0 aromatic rings. The molecule has 2 aliphatic heterocycles. The van der Waals surface area contributed by atoms with Crippen molar-refractivity contribution in [2.24, 2.45) is 35.5 Å². The van der Waals surface area contributed by atoms with Crippen molar-refractivity contribution in [1.29, 1.82) is 0 Å². The summed E-state index contributed by atoms with van der Waals surface area (Å²) in [7, 11) is 9.74. The first-order chi connectivity index (χ1) is 45.0. The second-order valence-electron chi connectivity index (χ2n) is 29.6. The van der Waals surface area contributed by atoms with Gasteiger partial charge in [-0.25, -0.2) is 0 Å². The normalized spacial score (nSPS) is 27.1. The van der Waals surface area contributed by atoms with Gasteiger partial charge in [0.25, 0.3) is 0 Å². The Morgan fingerprint density at radius 1 is 0.536 bits per heavy atom. The molecule has 0 aliphatic carbocycles. The number of nitrogens with one attached hydrogen (secondary N) is 4. The maximum absolute atomic E-state index is 15.4. The molecule has 27 nitrogen and oxygen atoms in total. The molecule has 2 saturated heterocycles. The van der Waals surface area contributed by atoms with Crippen molar-refractivity contribution in [1.82, 2.24) is 60.5 Å². The van der Waals surface area contributed by atoms with Gasteiger partial charge in [0, 0.05) is 82.0 Å². The van der Waals surface area contributed by atoms with Crippen molar-refractivity contribution in [2.45, 2.75) is 241 Å². The summed E-state index contributed by atoms with van der Waals surface area (Å²) in [6.07, 6.45) is 2.76. The molecule has 2 aliphatic rings. The molecule has 0 aromatic heterocycles. The summed E-state index contributed by atoms with van der Waals surface area (Å²) in [5, 5.41) is 34.8. The maximum Gasteiger partial charge on any atom is 0.248 e. The Balaban J connectivity index is 3.11. The largest absolute Gasteiger partial charge is 0.390 e. The smallest absolute Gasteiger partial charge is 0.248 e. The summed E-state index contributed by atoms with van der Waals surface area (Å²) in [6, 6.07) is -14.8. The Morgan fingerprint density at radius 3 is 1.48 bits per heavy atom. The molecule has 2 rings (SSSR count). The first kappa shape index (κ1) is 86.8. The molecule has 2 fully saturated rings. The number of hydrogen-bond donors (Lipinski definition) is 6. The first-order valence-corrected chi connectivity index (χ1v) is 35.0. The van der Waals surface area contributed by atoms with E-state index < -0.39 is 168 Å². The average molecular weight is 1380 g/mol. The van der Waals surface area contributed by atoms with E-state index in [1.54, 1.807) is 60.6 Å². The van der Waals surface area contributed by atoms with Gasteiger partial charge >= 0.3 is 0 Å². The van der Waals surface area contributed by atoms with E-state index in [4.69, 9.17) is 9.47 Å². The number of carbonyl (C=O) groups is 11. The molecule has 13 atom stereocenters. The van der Waals surface area contributed by atoms with Gasteiger partial charge in [-0.15, -0.1) is 0 Å². The molecular formula is C70H126N12O15. The fourth-order valence-electron chi connectivity index (χ4n) is 12.4. The molecule has 11 amide bonds. The number of amides is 11. The van der Waals surface area contributed by atoms with Crippen molar-refractivity contribution in [3.63, 3.8) is 0 Å². The second-order valence-corrected chi connectivity index (χ2v) is 29.6. The SMILES string of the molecule is C/C=C/C[C@@H](C)[C@@H](O)[C@H]1C(=O)N[C@@H](CC)C(=O)N(C)[C@H](COCCCN2CCOCC2)C(=O)N(C)[C@@H](CC(C)(C)O)C(=O)N[C@@H](C(C)C)C(=O)N(C)[C@@H](CC(C)C)C(=O)N[C@@H](C)C(=O)N[C@H](C)C(=O)N(C)[C@@H](CC(C)C)C(=O)N(C)[C@@H](CC(C)C)C(=O)N(C)[C@@H](C(C)C)C(=O)N1C. The van der Waals surface area contributed by atoms with E-state index in [9.17, 15) is 29.4 Å². The van der Waals surface area contributed by atoms with Gasteiger partial charge in [-0.05, 0) is 109 Å². The number of morpholine rings is 1. The molecule has 0 saturated carbocycles. The maximum atomic E-state index is 15.4. The molecular weight excluding hydrogens is 1250 g/mol. The third kappa shape index (κ3) is 25.4. The van der Waals surface area contributed by atoms with Crippen molar-refractivity contribution in [2.75, 3.05) is 95.4 Å². The van der Waals surface area contributed by atoms with E-state index >= 15 is 33.6 Å². The van der Waals surface area contributed by atoms with Crippen LogP contribution in [-0.2, 0) is 62.2 Å². The Hall–Kier alpha value is -6.29. The summed E-state index contributed by atoms with van der Waals surface area (Å²) in [5.41, 5.74) is -1.61. The number of aliphatic hydroxyl groups is 2. The number of likely N-dealkylation sites (N-methyl/N-ethyl adjacent to an activating group) is 7. The van der Waals surface area contributed by atoms with E-state index in [1.165, 1.54) is 96.6 Å². The third-order valence-electron chi connectivity index (χ3n) is 18.5. The second kappa shape index (κ2) is 40.1. The van der Waals surface area contributed by atoms with Crippen molar-refractivity contribution >= 4 is 65.0 Å². The van der Waals surface area contributed by atoms with Crippen LogP contribution in [0.3, 0.4) is 0 Å². The lowest BCUT2D eigenvalue weighted by atomic mass is 9.91. The Bertz CT molecular complexity index is 2640. The van der Waals surface area contributed by atoms with Gasteiger partial charge in [0.05, 0.1) is 31.5 Å². The summed E-state index contributed by atoms with van der Waals surface area (Å²) in [4.78, 5) is 175. The van der Waals surface area contributed by atoms with Crippen LogP contribution in [0, 0.1) is 35.5 Å². The number of rotatable bonds is 21. The molecule has 0 bridgehead atoms. The van der Waals surface area contributed by atoms with Crippen LogP contribution >= 0.6 is 0 Å². The Morgan fingerprint density at radius 2 is 0.990 bits per heavy atom. The highest BCUT2D eigenvalue weighted by atomic mass is 16.5. The van der Waals surface area contributed by atoms with E-state index in [2.05, 4.69) is 26.2 Å². The summed E-state index contributed by atoms with van der Waals surface area (Å²) in [5.74, 6) is -10.6. The quantitative estimate of drug-likeness (QED) is 0.0710. The topological polar surface area (TPSA) is 321 Å². The van der Waals surface area contributed by atoms with E-state index in [-0.39, 0.29) is 62.9 Å². The highest BCUT2D eigenvalue weighted by Crippen LogP contribution is 2.27. The Labute approximate surface area is 579 Å². The molecule has 2 heterocycles. The predicted octanol–water partition coefficient (Wildman–Crippen LogP) is 2.49. The van der Waals surface area contributed by atoms with Crippen LogP contribution in [0.15, 0.2) is 12.2 Å². The summed E-state index contributed by atoms with van der Waals surface area (Å²) < 4.78 is 11.7. The third-order valence-corrected chi connectivity index (χ3v) is 18.5. The molecule has 6 N–H and O–H groups in total. The summed E-state index contributed by atoms with van der Waals surface area (Å²) in [6.45, 7) is 31.8. The molecule has 0 unspecified atom stereocenters. The lowest BCUT2D eigenvalue weighted by Crippen LogP contribution is -2.64. The number of allylic oxidation sites excluding steroid dienone is 2. The standard InChI is InChI=1S/C70H126N12O15/c1-25-27-29-46(13)58(83)57-62(87)73-49(26-2)64(89)79(22)54(40-97-33-28-30-82-31-34-96-35-32-82)67(92)78(21)53(39-70(16,17)95)61(86)74-55(44(9)10)68(93)75(18)50(36-41(3)4)60(85)71-47(14)59(84)72-48(15)63(88)76(19)51(37-42(5)6)65(90)77(20)52(38-43(7)8)66(91)80(23)56(45(11)12)69(94)81(57)24/h25,27,41-58,83,95H,26,28-40H2,1-24H3,(H,71,85)(H,72,84)(H,73,87)(H,74,86)/b27-25+/t46-,47+,48-,49+,50+,51+,52+,53+,54-,55+,56+,57+,58-/m1/s1. The molecule has 0 aromatic carbocycles. The molecule has 27 heteroatoms. The zero-order valence-electron chi connectivity index (χ0n) is 63.2. The van der Waals surface area contributed by atoms with Crippen LogP contribution in [0.1, 0.15) is 163 Å². The van der Waals surface area contributed by atoms with Crippen molar-refractivity contribution in [3.05, 3.63) is 12.2 Å². The van der Waals surface area contributed by atoms with Gasteiger partial charge in [-0.2, -0.15) is 0 Å². The van der Waals surface area contributed by atoms with Gasteiger partial charge < -0.3 is 75.3 Å². The average Bonchev–Trinajstić information content (AvgIpc) is 0.808. The minimum Gasteiger partial charge on any atom is -0.390 e.